The number of ether oxygens (including phenoxy) is 1. The first-order valence-electron chi connectivity index (χ1n) is 13.6. The second kappa shape index (κ2) is 11.2. The molecule has 224 valence electrons. The molecule has 3 saturated heterocycles. The van der Waals surface area contributed by atoms with Crippen LogP contribution in [0.4, 0.5) is 30.7 Å². The van der Waals surface area contributed by atoms with Gasteiger partial charge >= 0.3 is 12.4 Å². The average molecular weight is 589 g/mol. The van der Waals surface area contributed by atoms with E-state index >= 15 is 0 Å². The Hall–Kier alpha value is -2.70. The molecule has 2 aromatic carbocycles. The van der Waals surface area contributed by atoms with Gasteiger partial charge in [0.05, 0.1) is 29.4 Å². The molecule has 41 heavy (non-hydrogen) atoms. The quantitative estimate of drug-likeness (QED) is 0.435. The zero-order valence-corrected chi connectivity index (χ0v) is 22.3. The van der Waals surface area contributed by atoms with E-state index in [1.807, 2.05) is 0 Å². The number of hydrogen-bond acceptors (Lipinski definition) is 4. The molecule has 0 saturated carbocycles. The summed E-state index contributed by atoms with van der Waals surface area (Å²) in [6.45, 7) is 3.37. The number of carbonyl (C=O) groups excluding carboxylic acids is 1. The zero-order valence-electron chi connectivity index (χ0n) is 22.3. The summed E-state index contributed by atoms with van der Waals surface area (Å²) in [6.07, 6.45) is -10.8. The molecule has 12 heteroatoms. The highest BCUT2D eigenvalue weighted by molar-refractivity contribution is 5.78. The molecule has 5 rings (SSSR count). The van der Waals surface area contributed by atoms with Crippen molar-refractivity contribution in [3.05, 3.63) is 70.5 Å². The number of piperidine rings is 1. The van der Waals surface area contributed by atoms with Gasteiger partial charge in [-0.25, -0.2) is 4.39 Å². The molecule has 3 unspecified atom stereocenters. The van der Waals surface area contributed by atoms with Crippen LogP contribution in [0.1, 0.15) is 60.5 Å². The van der Waals surface area contributed by atoms with Crippen LogP contribution in [0.5, 0.6) is 0 Å². The Morgan fingerprint density at radius 1 is 1.00 bits per heavy atom. The maximum atomic E-state index is 13.8. The lowest BCUT2D eigenvalue weighted by molar-refractivity contribution is -0.143. The zero-order chi connectivity index (χ0) is 29.7. The molecule has 0 aromatic heterocycles. The van der Waals surface area contributed by atoms with E-state index in [9.17, 15) is 40.6 Å². The van der Waals surface area contributed by atoms with Gasteiger partial charge in [-0.15, -0.1) is 0 Å². The summed E-state index contributed by atoms with van der Waals surface area (Å²) in [7, 11) is 0. The number of likely N-dealkylation sites (tertiary alicyclic amines) is 1. The summed E-state index contributed by atoms with van der Waals surface area (Å²) in [5, 5.41) is 9.89. The Morgan fingerprint density at radius 3 is 2.20 bits per heavy atom. The summed E-state index contributed by atoms with van der Waals surface area (Å²) in [5.74, 6) is -1.06. The largest absolute Gasteiger partial charge is 0.416 e. The molecule has 0 radical (unpaired) electrons. The van der Waals surface area contributed by atoms with Crippen molar-refractivity contribution >= 4 is 5.91 Å². The molecule has 0 spiro atoms. The summed E-state index contributed by atoms with van der Waals surface area (Å²) >= 11 is 0. The topological polar surface area (TPSA) is 53.0 Å². The fourth-order valence-electron chi connectivity index (χ4n) is 6.52. The number of aliphatic hydroxyl groups excluding tert-OH is 1. The first kappa shape index (κ1) is 29.8. The van der Waals surface area contributed by atoms with E-state index in [2.05, 4.69) is 4.90 Å². The van der Waals surface area contributed by atoms with Gasteiger partial charge in [0.1, 0.15) is 5.82 Å². The Labute approximate surface area is 232 Å². The van der Waals surface area contributed by atoms with Gasteiger partial charge in [-0.3, -0.25) is 4.79 Å². The molecule has 0 aliphatic carbocycles. The van der Waals surface area contributed by atoms with Crippen LogP contribution in [0.2, 0.25) is 0 Å². The number of fused-ring (bicyclic) bond motifs is 1. The number of rotatable bonds is 6. The van der Waals surface area contributed by atoms with Crippen molar-refractivity contribution in [3.8, 4) is 0 Å². The van der Waals surface area contributed by atoms with Crippen LogP contribution < -0.4 is 0 Å². The van der Waals surface area contributed by atoms with Crippen LogP contribution in [-0.2, 0) is 21.9 Å². The van der Waals surface area contributed by atoms with Crippen molar-refractivity contribution in [2.75, 3.05) is 26.2 Å². The minimum absolute atomic E-state index is 0.00835. The number of alkyl halides is 6. The summed E-state index contributed by atoms with van der Waals surface area (Å²) in [5.41, 5.74) is -2.48. The van der Waals surface area contributed by atoms with Crippen molar-refractivity contribution in [2.45, 2.75) is 68.8 Å². The summed E-state index contributed by atoms with van der Waals surface area (Å²) < 4.78 is 101. The molecular weight excluding hydrogens is 557 g/mol. The van der Waals surface area contributed by atoms with Crippen molar-refractivity contribution in [1.82, 2.24) is 9.80 Å². The number of carbonyl (C=O) groups is 1. The fraction of sp³-hybridized carbons (Fsp3) is 0.552. The van der Waals surface area contributed by atoms with Crippen LogP contribution in [-0.4, -0.2) is 65.2 Å². The van der Waals surface area contributed by atoms with Gasteiger partial charge < -0.3 is 19.6 Å². The van der Waals surface area contributed by atoms with Crippen LogP contribution in [0, 0.1) is 11.7 Å². The van der Waals surface area contributed by atoms with Crippen LogP contribution in [0.3, 0.4) is 0 Å². The lowest BCUT2D eigenvalue weighted by Gasteiger charge is -2.38. The lowest BCUT2D eigenvalue weighted by Crippen LogP contribution is -2.46. The van der Waals surface area contributed by atoms with Crippen molar-refractivity contribution < 1.29 is 45.4 Å². The van der Waals surface area contributed by atoms with E-state index in [0.29, 0.717) is 43.6 Å². The van der Waals surface area contributed by atoms with Gasteiger partial charge in [-0.05, 0) is 67.1 Å². The van der Waals surface area contributed by atoms with E-state index in [1.54, 1.807) is 17.0 Å². The second-order valence-corrected chi connectivity index (χ2v) is 11.4. The minimum Gasteiger partial charge on any atom is -0.392 e. The molecular formula is C29H31F7N2O3. The summed E-state index contributed by atoms with van der Waals surface area (Å²) in [4.78, 5) is 17.0. The first-order chi connectivity index (χ1) is 19.2. The number of benzene rings is 2. The number of β-amino-alcohol motifs (C(OH)–C–C–N with tert-alkyl or cyclic N) is 1. The number of aliphatic hydroxyl groups is 1. The first-order valence-corrected chi connectivity index (χ1v) is 13.6. The van der Waals surface area contributed by atoms with E-state index in [-0.39, 0.29) is 42.5 Å². The highest BCUT2D eigenvalue weighted by Gasteiger charge is 2.49. The van der Waals surface area contributed by atoms with Gasteiger partial charge in [0.15, 0.2) is 0 Å². The van der Waals surface area contributed by atoms with Crippen LogP contribution in [0.25, 0.3) is 0 Å². The molecule has 3 fully saturated rings. The van der Waals surface area contributed by atoms with E-state index in [4.69, 9.17) is 4.74 Å². The number of amides is 1. The van der Waals surface area contributed by atoms with Gasteiger partial charge in [0.25, 0.3) is 0 Å². The third kappa shape index (κ3) is 6.54. The predicted octanol–water partition coefficient (Wildman–Crippen LogP) is 5.78. The van der Waals surface area contributed by atoms with E-state index in [0.717, 1.165) is 6.54 Å². The Bertz CT molecular complexity index is 1220. The molecule has 6 atom stereocenters. The average Bonchev–Trinajstić information content (AvgIpc) is 3.46. The van der Waals surface area contributed by atoms with Gasteiger partial charge in [-0.2, -0.15) is 26.3 Å². The molecule has 3 aliphatic heterocycles. The van der Waals surface area contributed by atoms with Crippen molar-refractivity contribution in [3.63, 3.8) is 0 Å². The maximum absolute atomic E-state index is 13.8. The van der Waals surface area contributed by atoms with Crippen molar-refractivity contribution in [1.29, 1.82) is 0 Å². The predicted molar refractivity (Wildman–Crippen MR) is 134 cm³/mol. The van der Waals surface area contributed by atoms with Crippen molar-refractivity contribution in [2.24, 2.45) is 5.92 Å². The maximum Gasteiger partial charge on any atom is 0.416 e. The minimum atomic E-state index is -4.99. The molecule has 3 heterocycles. The molecule has 2 aromatic rings. The number of nitrogens with zero attached hydrogens (tertiary/aromatic N) is 2. The van der Waals surface area contributed by atoms with E-state index in [1.165, 1.54) is 19.1 Å². The number of halogens is 7. The lowest BCUT2D eigenvalue weighted by atomic mass is 9.81. The third-order valence-electron chi connectivity index (χ3n) is 8.43. The smallest absolute Gasteiger partial charge is 0.392 e. The van der Waals surface area contributed by atoms with E-state index < -0.39 is 53.5 Å². The van der Waals surface area contributed by atoms with Gasteiger partial charge in [-0.1, -0.05) is 12.1 Å². The summed E-state index contributed by atoms with van der Waals surface area (Å²) in [6, 6.07) is 6.72. The third-order valence-corrected chi connectivity index (χ3v) is 8.43. The highest BCUT2D eigenvalue weighted by Crippen LogP contribution is 2.45. The standard InChI is InChI=1S/C29H31F7N2O3/c1-16(19-10-20(28(31,32)33)12-21(11-19)29(34,35)36)41-25-15-38-24(27(25)18-2-4-22(30)5-3-18)8-17(9-26(38)40)13-37-7-6-23(39)14-37/h2-5,10-12,16-17,23-25,27,39H,6-9,13-15H2,1H3/t16-,17?,23+,24?,25+,27?/m1/s1. The molecule has 5 nitrogen and oxygen atoms in total. The Kier molecular flexibility index (Phi) is 8.12. The molecule has 3 aliphatic rings. The second-order valence-electron chi connectivity index (χ2n) is 11.4. The van der Waals surface area contributed by atoms with Gasteiger partial charge in [0.2, 0.25) is 5.91 Å². The SMILES string of the molecule is C[C@@H](O[C@H]1CN2C(=O)CC(CN3CC[C@H](O)C3)CC2C1c1ccc(F)cc1)c1cc(C(F)(F)F)cc(C(F)(F)F)c1. The Morgan fingerprint density at radius 2 is 1.63 bits per heavy atom. The number of hydrogen-bond donors (Lipinski definition) is 1. The Balaban J connectivity index is 1.43. The molecule has 0 bridgehead atoms. The fourth-order valence-corrected chi connectivity index (χ4v) is 6.52. The molecule has 1 amide bonds. The van der Waals surface area contributed by atoms with Crippen LogP contribution >= 0.6 is 0 Å². The normalized spacial score (nSPS) is 28.3. The highest BCUT2D eigenvalue weighted by atomic mass is 19.4. The van der Waals surface area contributed by atoms with Gasteiger partial charge in [0, 0.05) is 44.6 Å². The molecule has 1 N–H and O–H groups in total. The monoisotopic (exact) mass is 588 g/mol. The van der Waals surface area contributed by atoms with Crippen LogP contribution in [0.15, 0.2) is 42.5 Å².